The molecule has 0 spiro atoms. The third kappa shape index (κ3) is 4.97. The van der Waals surface area contributed by atoms with Crippen LogP contribution < -0.4 is 15.8 Å². The third-order valence-electron chi connectivity index (χ3n) is 3.75. The van der Waals surface area contributed by atoms with Crippen LogP contribution in [0, 0.1) is 0 Å². The lowest BCUT2D eigenvalue weighted by Gasteiger charge is -2.07. The van der Waals surface area contributed by atoms with Gasteiger partial charge in [0, 0.05) is 18.8 Å². The minimum Gasteiger partial charge on any atom is -0.351 e. The summed E-state index contributed by atoms with van der Waals surface area (Å²) in [5.41, 5.74) is 1.20. The maximum Gasteiger partial charge on any atom is 0.270 e. The number of benzene rings is 1. The molecule has 0 atom stereocenters. The van der Waals surface area contributed by atoms with Crippen molar-refractivity contribution in [3.8, 4) is 0 Å². The van der Waals surface area contributed by atoms with Crippen molar-refractivity contribution in [1.82, 2.24) is 15.3 Å². The number of carbonyl (C=O) groups excluding carboxylic acids is 1. The summed E-state index contributed by atoms with van der Waals surface area (Å²) in [5, 5.41) is 11.0. The van der Waals surface area contributed by atoms with E-state index in [1.54, 1.807) is 24.4 Å². The first kappa shape index (κ1) is 17.3. The minimum absolute atomic E-state index is 0.0666. The molecule has 0 aliphatic heterocycles. The van der Waals surface area contributed by atoms with Crippen LogP contribution in [-0.4, -0.2) is 36.9 Å². The van der Waals surface area contributed by atoms with E-state index in [9.17, 15) is 13.2 Å². The largest absolute Gasteiger partial charge is 0.351 e. The van der Waals surface area contributed by atoms with Crippen LogP contribution in [0.3, 0.4) is 0 Å². The number of sulfonamides is 1. The van der Waals surface area contributed by atoms with Gasteiger partial charge in [-0.2, -0.15) is 0 Å². The molecular formula is C16H19N5O3S. The van der Waals surface area contributed by atoms with E-state index in [4.69, 9.17) is 5.14 Å². The van der Waals surface area contributed by atoms with E-state index in [2.05, 4.69) is 20.6 Å². The highest BCUT2D eigenvalue weighted by Gasteiger charge is 2.22. The summed E-state index contributed by atoms with van der Waals surface area (Å²) in [6, 6.07) is 8.23. The lowest BCUT2D eigenvalue weighted by Crippen LogP contribution is -2.27. The van der Waals surface area contributed by atoms with Gasteiger partial charge in [0.1, 0.15) is 5.69 Å². The molecule has 0 saturated heterocycles. The number of hydrogen-bond donors (Lipinski definition) is 3. The van der Waals surface area contributed by atoms with E-state index in [0.717, 1.165) is 18.4 Å². The predicted octanol–water partition coefficient (Wildman–Crippen LogP) is 0.671. The van der Waals surface area contributed by atoms with Crippen LogP contribution in [0.1, 0.15) is 28.9 Å². The van der Waals surface area contributed by atoms with Crippen molar-refractivity contribution in [2.45, 2.75) is 30.2 Å². The van der Waals surface area contributed by atoms with Crippen molar-refractivity contribution < 1.29 is 13.2 Å². The lowest BCUT2D eigenvalue weighted by molar-refractivity contribution is 0.0949. The summed E-state index contributed by atoms with van der Waals surface area (Å²) in [6.45, 7) is 0.406. The molecule has 0 unspecified atom stereocenters. The van der Waals surface area contributed by atoms with Crippen LogP contribution in [-0.2, 0) is 16.4 Å². The molecule has 1 aromatic heterocycles. The summed E-state index contributed by atoms with van der Waals surface area (Å²) in [5.74, 6) is 0.191. The first-order chi connectivity index (χ1) is 11.9. The zero-order valence-corrected chi connectivity index (χ0v) is 14.3. The van der Waals surface area contributed by atoms with Gasteiger partial charge in [-0.1, -0.05) is 12.1 Å². The van der Waals surface area contributed by atoms with Crippen LogP contribution in [0.5, 0.6) is 0 Å². The number of hydrogen-bond acceptors (Lipinski definition) is 6. The molecule has 8 nitrogen and oxygen atoms in total. The first-order valence-electron chi connectivity index (χ1n) is 7.91. The van der Waals surface area contributed by atoms with Gasteiger partial charge < -0.3 is 10.6 Å². The number of amides is 1. The average molecular weight is 361 g/mol. The molecule has 3 rings (SSSR count). The van der Waals surface area contributed by atoms with Crippen molar-refractivity contribution in [3.05, 3.63) is 47.8 Å². The monoisotopic (exact) mass is 361 g/mol. The molecule has 1 saturated carbocycles. The smallest absolute Gasteiger partial charge is 0.270 e. The Morgan fingerprint density at radius 3 is 2.56 bits per heavy atom. The molecule has 25 heavy (non-hydrogen) atoms. The molecule has 1 heterocycles. The molecule has 1 aliphatic rings. The van der Waals surface area contributed by atoms with Gasteiger partial charge >= 0.3 is 0 Å². The van der Waals surface area contributed by atoms with E-state index in [1.165, 1.54) is 12.1 Å². The molecule has 1 aromatic carbocycles. The normalized spacial score (nSPS) is 14.1. The van der Waals surface area contributed by atoms with Gasteiger partial charge in [-0.3, -0.25) is 4.79 Å². The number of rotatable bonds is 7. The number of carbonyl (C=O) groups is 1. The highest BCUT2D eigenvalue weighted by Crippen LogP contribution is 2.22. The maximum absolute atomic E-state index is 12.1. The second-order valence-electron chi connectivity index (χ2n) is 5.88. The summed E-state index contributed by atoms with van der Waals surface area (Å²) in [4.78, 5) is 20.5. The predicted molar refractivity (Wildman–Crippen MR) is 92.5 cm³/mol. The standard InChI is InChI=1S/C16H19N5O3S/c17-25(23,24)13-5-1-11(2-6-13)7-9-18-15(22)14-8-10-19-16(21-14)20-12-3-4-12/h1-2,5-6,8,10,12H,3-4,7,9H2,(H,18,22)(H2,17,23,24)(H,19,20,21). The Balaban J connectivity index is 1.52. The highest BCUT2D eigenvalue weighted by molar-refractivity contribution is 7.89. The van der Waals surface area contributed by atoms with Gasteiger partial charge in [0.15, 0.2) is 0 Å². The van der Waals surface area contributed by atoms with Gasteiger partial charge in [-0.25, -0.2) is 23.5 Å². The van der Waals surface area contributed by atoms with Crippen LogP contribution >= 0.6 is 0 Å². The molecule has 1 amide bonds. The molecule has 9 heteroatoms. The number of nitrogens with zero attached hydrogens (tertiary/aromatic N) is 2. The summed E-state index contributed by atoms with van der Waals surface area (Å²) < 4.78 is 22.4. The molecule has 1 fully saturated rings. The number of anilines is 1. The highest BCUT2D eigenvalue weighted by atomic mass is 32.2. The molecule has 132 valence electrons. The number of primary sulfonamides is 1. The first-order valence-corrected chi connectivity index (χ1v) is 9.46. The fourth-order valence-corrected chi connectivity index (χ4v) is 2.74. The van der Waals surface area contributed by atoms with E-state index in [-0.39, 0.29) is 10.8 Å². The SMILES string of the molecule is NS(=O)(=O)c1ccc(CCNC(=O)c2ccnc(NC3CC3)n2)cc1. The fraction of sp³-hybridized carbons (Fsp3) is 0.312. The Kier molecular flexibility index (Phi) is 4.95. The van der Waals surface area contributed by atoms with Gasteiger partial charge in [0.2, 0.25) is 16.0 Å². The number of nitrogens with two attached hydrogens (primary N) is 1. The minimum atomic E-state index is -3.69. The van der Waals surface area contributed by atoms with Crippen molar-refractivity contribution >= 4 is 21.9 Å². The van der Waals surface area contributed by atoms with Crippen molar-refractivity contribution in [1.29, 1.82) is 0 Å². The molecule has 0 radical (unpaired) electrons. The Hall–Kier alpha value is -2.52. The van der Waals surface area contributed by atoms with Crippen LogP contribution in [0.25, 0.3) is 0 Å². The average Bonchev–Trinajstić information content (AvgIpc) is 3.38. The summed E-state index contributed by atoms with van der Waals surface area (Å²) >= 11 is 0. The van der Waals surface area contributed by atoms with Crippen molar-refractivity contribution in [2.24, 2.45) is 5.14 Å². The molecule has 1 aliphatic carbocycles. The molecule has 2 aromatic rings. The number of nitrogens with one attached hydrogen (secondary N) is 2. The Bertz CT molecular complexity index is 864. The molecule has 0 bridgehead atoms. The molecular weight excluding hydrogens is 342 g/mol. The quantitative estimate of drug-likeness (QED) is 0.665. The van der Waals surface area contributed by atoms with Crippen molar-refractivity contribution in [2.75, 3.05) is 11.9 Å². The van der Waals surface area contributed by atoms with E-state index in [0.29, 0.717) is 30.6 Å². The zero-order chi connectivity index (χ0) is 17.9. The van der Waals surface area contributed by atoms with E-state index in [1.807, 2.05) is 0 Å². The lowest BCUT2D eigenvalue weighted by atomic mass is 10.1. The molecule has 4 N–H and O–H groups in total. The van der Waals surface area contributed by atoms with Gasteiger partial charge in [-0.15, -0.1) is 0 Å². The van der Waals surface area contributed by atoms with Gasteiger partial charge in [0.25, 0.3) is 5.91 Å². The summed E-state index contributed by atoms with van der Waals surface area (Å²) in [7, 11) is -3.69. The van der Waals surface area contributed by atoms with Gasteiger partial charge in [-0.05, 0) is 43.0 Å². The van der Waals surface area contributed by atoms with Crippen molar-refractivity contribution in [3.63, 3.8) is 0 Å². The van der Waals surface area contributed by atoms with E-state index < -0.39 is 10.0 Å². The maximum atomic E-state index is 12.1. The second kappa shape index (κ2) is 7.16. The Morgan fingerprint density at radius 2 is 1.92 bits per heavy atom. The zero-order valence-electron chi connectivity index (χ0n) is 13.5. The van der Waals surface area contributed by atoms with Crippen LogP contribution in [0.15, 0.2) is 41.4 Å². The Labute approximate surface area is 145 Å². The van der Waals surface area contributed by atoms with E-state index >= 15 is 0 Å². The third-order valence-corrected chi connectivity index (χ3v) is 4.68. The summed E-state index contributed by atoms with van der Waals surface area (Å²) in [6.07, 6.45) is 4.32. The number of aromatic nitrogens is 2. The van der Waals surface area contributed by atoms with Crippen LogP contribution in [0.2, 0.25) is 0 Å². The van der Waals surface area contributed by atoms with Crippen LogP contribution in [0.4, 0.5) is 5.95 Å². The van der Waals surface area contributed by atoms with Gasteiger partial charge in [0.05, 0.1) is 4.90 Å². The fourth-order valence-electron chi connectivity index (χ4n) is 2.22. The topological polar surface area (TPSA) is 127 Å². The second-order valence-corrected chi connectivity index (χ2v) is 7.44. The Morgan fingerprint density at radius 1 is 1.20 bits per heavy atom.